The van der Waals surface area contributed by atoms with Gasteiger partial charge in [-0.05, 0) is 6.92 Å². The first kappa shape index (κ1) is 9.98. The third-order valence-corrected chi connectivity index (χ3v) is 2.47. The molecule has 70 valence electrons. The van der Waals surface area contributed by atoms with E-state index >= 15 is 0 Å². The Morgan fingerprint density at radius 3 is 2.85 bits per heavy atom. The first-order valence-corrected chi connectivity index (χ1v) is 4.81. The third kappa shape index (κ3) is 3.42. The minimum atomic E-state index is -0.783. The Bertz CT molecular complexity index is 304. The smallest absolute Gasteiger partial charge is 0.304 e. The first-order valence-electron chi connectivity index (χ1n) is 3.82. The summed E-state index contributed by atoms with van der Waals surface area (Å²) in [5.41, 5.74) is 0.845. The van der Waals surface area contributed by atoms with Crippen LogP contribution in [-0.4, -0.2) is 26.8 Å². The second-order valence-corrected chi connectivity index (χ2v) is 3.52. The van der Waals surface area contributed by atoms with Gasteiger partial charge < -0.3 is 5.11 Å². The fourth-order valence-corrected chi connectivity index (χ4v) is 1.64. The molecule has 0 aliphatic carbocycles. The van der Waals surface area contributed by atoms with Crippen LogP contribution in [0.2, 0.25) is 0 Å². The number of aryl methyl sites for hydroxylation is 1. The molecule has 0 fully saturated rings. The van der Waals surface area contributed by atoms with Crippen molar-refractivity contribution in [1.82, 2.24) is 9.97 Å². The highest BCUT2D eigenvalue weighted by molar-refractivity contribution is 7.99. The van der Waals surface area contributed by atoms with Crippen molar-refractivity contribution in [3.63, 3.8) is 0 Å². The molecule has 1 N–H and O–H groups in total. The summed E-state index contributed by atoms with van der Waals surface area (Å²) in [5, 5.41) is 9.22. The molecule has 1 aromatic heterocycles. The van der Waals surface area contributed by atoms with Crippen LogP contribution in [-0.2, 0) is 4.79 Å². The van der Waals surface area contributed by atoms with E-state index < -0.39 is 5.97 Å². The van der Waals surface area contributed by atoms with E-state index in [1.54, 1.807) is 12.4 Å². The quantitative estimate of drug-likeness (QED) is 0.740. The van der Waals surface area contributed by atoms with Gasteiger partial charge in [-0.3, -0.25) is 9.78 Å². The molecule has 0 atom stereocenters. The Balaban J connectivity index is 2.45. The molecule has 1 heterocycles. The van der Waals surface area contributed by atoms with E-state index in [2.05, 4.69) is 9.97 Å². The maximum Gasteiger partial charge on any atom is 0.304 e. The molecule has 0 spiro atoms. The van der Waals surface area contributed by atoms with E-state index in [9.17, 15) is 4.79 Å². The lowest BCUT2D eigenvalue weighted by atomic mass is 10.5. The van der Waals surface area contributed by atoms with Crippen LogP contribution in [0, 0.1) is 6.92 Å². The maximum absolute atomic E-state index is 10.2. The number of carboxylic acid groups (broad SMARTS) is 1. The molecule has 5 heteroatoms. The molecule has 1 rings (SSSR count). The molecular weight excluding hydrogens is 188 g/mol. The Kier molecular flexibility index (Phi) is 3.70. The number of nitrogens with zero attached hydrogens (tertiary/aromatic N) is 2. The zero-order valence-electron chi connectivity index (χ0n) is 7.23. The zero-order valence-corrected chi connectivity index (χ0v) is 8.04. The topological polar surface area (TPSA) is 63.1 Å². The summed E-state index contributed by atoms with van der Waals surface area (Å²) in [4.78, 5) is 18.4. The van der Waals surface area contributed by atoms with Crippen molar-refractivity contribution >= 4 is 17.7 Å². The van der Waals surface area contributed by atoms with Crippen molar-refractivity contribution in [3.8, 4) is 0 Å². The predicted octanol–water partition coefficient (Wildman–Crippen LogP) is 1.35. The fourth-order valence-electron chi connectivity index (χ4n) is 0.772. The third-order valence-electron chi connectivity index (χ3n) is 1.39. The standard InChI is InChI=1S/C8H10N2O2S/c1-6-8(10-4-3-9-6)13-5-2-7(11)12/h3-4H,2,5H2,1H3,(H,11,12). The molecule has 1 aromatic rings. The van der Waals surface area contributed by atoms with Gasteiger partial charge in [-0.1, -0.05) is 0 Å². The molecule has 0 saturated carbocycles. The highest BCUT2D eigenvalue weighted by atomic mass is 32.2. The summed E-state index contributed by atoms with van der Waals surface area (Å²) in [7, 11) is 0. The molecule has 4 nitrogen and oxygen atoms in total. The van der Waals surface area contributed by atoms with Gasteiger partial charge in [-0.2, -0.15) is 0 Å². The van der Waals surface area contributed by atoms with Crippen LogP contribution >= 0.6 is 11.8 Å². The number of thioether (sulfide) groups is 1. The van der Waals surface area contributed by atoms with Crippen molar-refractivity contribution in [2.45, 2.75) is 18.4 Å². The van der Waals surface area contributed by atoms with Gasteiger partial charge >= 0.3 is 5.97 Å². The van der Waals surface area contributed by atoms with Gasteiger partial charge in [-0.15, -0.1) is 11.8 Å². The molecule has 0 saturated heterocycles. The van der Waals surface area contributed by atoms with Crippen molar-refractivity contribution in [2.75, 3.05) is 5.75 Å². The molecule has 0 amide bonds. The van der Waals surface area contributed by atoms with E-state index in [1.807, 2.05) is 6.92 Å². The van der Waals surface area contributed by atoms with Crippen molar-refractivity contribution in [1.29, 1.82) is 0 Å². The van der Waals surface area contributed by atoms with Crippen LogP contribution in [0.25, 0.3) is 0 Å². The Morgan fingerprint density at radius 1 is 1.54 bits per heavy atom. The van der Waals surface area contributed by atoms with Gasteiger partial charge in [0.25, 0.3) is 0 Å². The van der Waals surface area contributed by atoms with Crippen LogP contribution in [0.15, 0.2) is 17.4 Å². The van der Waals surface area contributed by atoms with Crippen LogP contribution in [0.4, 0.5) is 0 Å². The normalized spacial score (nSPS) is 9.92. The van der Waals surface area contributed by atoms with Crippen molar-refractivity contribution in [3.05, 3.63) is 18.1 Å². The van der Waals surface area contributed by atoms with E-state index in [-0.39, 0.29) is 6.42 Å². The monoisotopic (exact) mass is 198 g/mol. The predicted molar refractivity (Wildman–Crippen MR) is 49.7 cm³/mol. The summed E-state index contributed by atoms with van der Waals surface area (Å²) < 4.78 is 0. The average molecular weight is 198 g/mol. The van der Waals surface area contributed by atoms with Gasteiger partial charge in [0.2, 0.25) is 0 Å². The summed E-state index contributed by atoms with van der Waals surface area (Å²) in [5.74, 6) is -0.247. The molecular formula is C8H10N2O2S. The van der Waals surface area contributed by atoms with Gasteiger partial charge in [-0.25, -0.2) is 4.98 Å². The van der Waals surface area contributed by atoms with E-state index in [4.69, 9.17) is 5.11 Å². The second-order valence-electron chi connectivity index (χ2n) is 2.44. The van der Waals surface area contributed by atoms with Gasteiger partial charge in [0.05, 0.1) is 12.1 Å². The minimum absolute atomic E-state index is 0.153. The summed E-state index contributed by atoms with van der Waals surface area (Å²) in [6.45, 7) is 1.86. The minimum Gasteiger partial charge on any atom is -0.481 e. The Hall–Kier alpha value is -1.10. The highest BCUT2D eigenvalue weighted by Crippen LogP contribution is 2.17. The number of carbonyl (C=O) groups is 1. The Morgan fingerprint density at radius 2 is 2.23 bits per heavy atom. The van der Waals surface area contributed by atoms with Gasteiger partial charge in [0.1, 0.15) is 5.03 Å². The van der Waals surface area contributed by atoms with E-state index in [0.717, 1.165) is 10.7 Å². The van der Waals surface area contributed by atoms with E-state index in [1.165, 1.54) is 11.8 Å². The molecule has 0 aromatic carbocycles. The lowest BCUT2D eigenvalue weighted by Gasteiger charge is -2.00. The van der Waals surface area contributed by atoms with Crippen LogP contribution in [0.1, 0.15) is 12.1 Å². The van der Waals surface area contributed by atoms with Crippen LogP contribution in [0.3, 0.4) is 0 Å². The molecule has 0 radical (unpaired) electrons. The second kappa shape index (κ2) is 4.81. The average Bonchev–Trinajstić information content (AvgIpc) is 2.08. The summed E-state index contributed by atoms with van der Waals surface area (Å²) in [6, 6.07) is 0. The SMILES string of the molecule is Cc1nccnc1SCCC(=O)O. The lowest BCUT2D eigenvalue weighted by molar-refractivity contribution is -0.136. The number of rotatable bonds is 4. The highest BCUT2D eigenvalue weighted by Gasteiger charge is 2.02. The molecule has 0 unspecified atom stereocenters. The number of carboxylic acids is 1. The fraction of sp³-hybridized carbons (Fsp3) is 0.375. The molecule has 0 bridgehead atoms. The Labute approximate surface area is 80.4 Å². The van der Waals surface area contributed by atoms with Crippen LogP contribution < -0.4 is 0 Å². The number of hydrogen-bond donors (Lipinski definition) is 1. The number of hydrogen-bond acceptors (Lipinski definition) is 4. The molecule has 0 aliphatic heterocycles. The molecule has 0 aliphatic rings. The van der Waals surface area contributed by atoms with Crippen LogP contribution in [0.5, 0.6) is 0 Å². The van der Waals surface area contributed by atoms with Crippen molar-refractivity contribution in [2.24, 2.45) is 0 Å². The van der Waals surface area contributed by atoms with E-state index in [0.29, 0.717) is 5.75 Å². The largest absolute Gasteiger partial charge is 0.481 e. The summed E-state index contributed by atoms with van der Waals surface area (Å²) in [6.07, 6.45) is 3.38. The first-order chi connectivity index (χ1) is 6.20. The van der Waals surface area contributed by atoms with Gasteiger partial charge in [0, 0.05) is 18.1 Å². The number of aromatic nitrogens is 2. The number of aliphatic carboxylic acids is 1. The lowest BCUT2D eigenvalue weighted by Crippen LogP contribution is -1.97. The maximum atomic E-state index is 10.2. The van der Waals surface area contributed by atoms with Crippen molar-refractivity contribution < 1.29 is 9.90 Å². The summed E-state index contributed by atoms with van der Waals surface area (Å²) >= 11 is 1.42. The molecule has 13 heavy (non-hydrogen) atoms. The zero-order chi connectivity index (χ0) is 9.68. The van der Waals surface area contributed by atoms with Gasteiger partial charge in [0.15, 0.2) is 0 Å².